The summed E-state index contributed by atoms with van der Waals surface area (Å²) in [6.45, 7) is 1.80. The van der Waals surface area contributed by atoms with Gasteiger partial charge < -0.3 is 10.0 Å². The minimum Gasteiger partial charge on any atom is -0.480 e. The van der Waals surface area contributed by atoms with Gasteiger partial charge in [0.05, 0.1) is 4.90 Å². The predicted octanol–water partition coefficient (Wildman–Crippen LogP) is 4.28. The first kappa shape index (κ1) is 23.1. The van der Waals surface area contributed by atoms with E-state index in [0.29, 0.717) is 5.02 Å². The van der Waals surface area contributed by atoms with Gasteiger partial charge in [0.15, 0.2) is 0 Å². The Morgan fingerprint density at radius 2 is 1.68 bits per heavy atom. The molecule has 0 spiro atoms. The van der Waals surface area contributed by atoms with Crippen LogP contribution in [0.25, 0.3) is 11.1 Å². The molecule has 1 aliphatic carbocycles. The second kappa shape index (κ2) is 8.50. The zero-order valence-corrected chi connectivity index (χ0v) is 20.2. The number of hydrogen-bond acceptors (Lipinski definition) is 4. The topological polar surface area (TPSA) is 86.7 Å². The van der Waals surface area contributed by atoms with Gasteiger partial charge in [-0.2, -0.15) is 4.72 Å². The number of hydrogen-bond donors (Lipinski definition) is 2. The van der Waals surface area contributed by atoms with Crippen molar-refractivity contribution in [2.75, 3.05) is 13.6 Å². The SMILES string of the molecule is CN1CCc2ccc([C@@H]3C[C@]3(NS(=O)(=O)c3ccc(-c4ccc(Cl)cc4)cc3)C(=O)O)cc2C1. The molecular formula is C26H25ClN2O4S. The van der Waals surface area contributed by atoms with E-state index in [1.165, 1.54) is 23.3 Å². The van der Waals surface area contributed by atoms with Crippen molar-refractivity contribution in [3.63, 3.8) is 0 Å². The summed E-state index contributed by atoms with van der Waals surface area (Å²) in [6.07, 6.45) is 1.18. The Hall–Kier alpha value is -2.71. The number of carboxylic acid groups (broad SMARTS) is 1. The number of nitrogens with one attached hydrogen (secondary N) is 1. The third-order valence-corrected chi connectivity index (χ3v) is 8.61. The Bertz CT molecular complexity index is 1360. The lowest BCUT2D eigenvalue weighted by Gasteiger charge is -2.25. The lowest BCUT2D eigenvalue weighted by Crippen LogP contribution is -2.44. The summed E-state index contributed by atoms with van der Waals surface area (Å²) in [6, 6.07) is 19.7. The van der Waals surface area contributed by atoms with Crippen molar-refractivity contribution in [1.29, 1.82) is 0 Å². The molecule has 0 bridgehead atoms. The van der Waals surface area contributed by atoms with Crippen LogP contribution in [0, 0.1) is 0 Å². The van der Waals surface area contributed by atoms with E-state index in [4.69, 9.17) is 11.6 Å². The van der Waals surface area contributed by atoms with E-state index in [9.17, 15) is 18.3 Å². The molecule has 0 amide bonds. The van der Waals surface area contributed by atoms with Crippen LogP contribution in [0.4, 0.5) is 0 Å². The summed E-state index contributed by atoms with van der Waals surface area (Å²) < 4.78 is 28.8. The molecule has 1 heterocycles. The van der Waals surface area contributed by atoms with Crippen molar-refractivity contribution in [3.8, 4) is 11.1 Å². The fourth-order valence-electron chi connectivity index (χ4n) is 4.76. The molecule has 34 heavy (non-hydrogen) atoms. The van der Waals surface area contributed by atoms with E-state index in [0.717, 1.165) is 36.2 Å². The van der Waals surface area contributed by atoms with Gasteiger partial charge in [-0.25, -0.2) is 8.42 Å². The van der Waals surface area contributed by atoms with Gasteiger partial charge in [0.25, 0.3) is 0 Å². The molecule has 6 nitrogen and oxygen atoms in total. The van der Waals surface area contributed by atoms with Crippen molar-refractivity contribution >= 4 is 27.6 Å². The molecule has 2 atom stereocenters. The molecule has 176 valence electrons. The highest BCUT2D eigenvalue weighted by Gasteiger charge is 2.63. The van der Waals surface area contributed by atoms with E-state index in [1.807, 2.05) is 30.3 Å². The van der Waals surface area contributed by atoms with Gasteiger partial charge in [-0.05, 0) is 72.0 Å². The first-order valence-corrected chi connectivity index (χ1v) is 13.0. The minimum absolute atomic E-state index is 0.0311. The van der Waals surface area contributed by atoms with Crippen molar-refractivity contribution in [2.45, 2.75) is 35.7 Å². The highest BCUT2D eigenvalue weighted by atomic mass is 35.5. The average Bonchev–Trinajstić information content (AvgIpc) is 3.54. The first-order valence-electron chi connectivity index (χ1n) is 11.1. The molecular weight excluding hydrogens is 472 g/mol. The second-order valence-electron chi connectivity index (χ2n) is 9.19. The van der Waals surface area contributed by atoms with E-state index in [2.05, 4.69) is 16.7 Å². The smallest absolute Gasteiger partial charge is 0.325 e. The Morgan fingerprint density at radius 3 is 2.32 bits per heavy atom. The molecule has 0 unspecified atom stereocenters. The van der Waals surface area contributed by atoms with E-state index >= 15 is 0 Å². The zero-order chi connectivity index (χ0) is 24.1. The van der Waals surface area contributed by atoms with Crippen LogP contribution in [0.2, 0.25) is 5.02 Å². The number of benzene rings is 3. The Labute approximate surface area is 204 Å². The lowest BCUT2D eigenvalue weighted by molar-refractivity contribution is -0.140. The molecule has 0 aromatic heterocycles. The number of carbonyl (C=O) groups is 1. The fraction of sp³-hybridized carbons (Fsp3) is 0.269. The van der Waals surface area contributed by atoms with Crippen LogP contribution in [0.3, 0.4) is 0 Å². The monoisotopic (exact) mass is 496 g/mol. The number of sulfonamides is 1. The molecule has 3 aromatic carbocycles. The van der Waals surface area contributed by atoms with E-state index < -0.39 is 27.4 Å². The Kier molecular flexibility index (Phi) is 5.76. The molecule has 1 aliphatic heterocycles. The standard InChI is InChI=1S/C26H25ClN2O4S/c1-29-13-12-19-2-3-20(14-21(19)16-29)24-15-26(24,25(30)31)28-34(32,33)23-10-6-18(7-11-23)17-4-8-22(27)9-5-17/h2-11,14,24,28H,12-13,15-16H2,1H3,(H,30,31)/t24-,26+/m0/s1. The highest BCUT2D eigenvalue weighted by Crippen LogP contribution is 2.53. The number of fused-ring (bicyclic) bond motifs is 1. The zero-order valence-electron chi connectivity index (χ0n) is 18.7. The minimum atomic E-state index is -4.03. The molecule has 8 heteroatoms. The van der Waals surface area contributed by atoms with E-state index in [-0.39, 0.29) is 11.3 Å². The number of halogens is 1. The third-order valence-electron chi connectivity index (χ3n) is 6.84. The number of likely N-dealkylation sites (N-methyl/N-ethyl adjacent to an activating group) is 1. The number of nitrogens with zero attached hydrogens (tertiary/aromatic N) is 1. The maximum Gasteiger partial charge on any atom is 0.325 e. The maximum absolute atomic E-state index is 13.1. The first-order chi connectivity index (χ1) is 16.2. The quantitative estimate of drug-likeness (QED) is 0.532. The molecule has 2 N–H and O–H groups in total. The van der Waals surface area contributed by atoms with Crippen LogP contribution in [0.5, 0.6) is 0 Å². The van der Waals surface area contributed by atoms with Gasteiger partial charge in [-0.1, -0.05) is 54.1 Å². The normalized spacial score (nSPS) is 22.2. The summed E-state index contributed by atoms with van der Waals surface area (Å²) in [5.74, 6) is -1.57. The van der Waals surface area contributed by atoms with Crippen molar-refractivity contribution in [2.24, 2.45) is 0 Å². The van der Waals surface area contributed by atoms with Gasteiger partial charge >= 0.3 is 5.97 Å². The van der Waals surface area contributed by atoms with Crippen molar-refractivity contribution < 1.29 is 18.3 Å². The Morgan fingerprint density at radius 1 is 1.03 bits per heavy atom. The van der Waals surface area contributed by atoms with Crippen LogP contribution in [-0.4, -0.2) is 43.5 Å². The van der Waals surface area contributed by atoms with E-state index in [1.54, 1.807) is 24.3 Å². The van der Waals surface area contributed by atoms with Crippen molar-refractivity contribution in [3.05, 3.63) is 88.4 Å². The summed E-state index contributed by atoms with van der Waals surface area (Å²) in [4.78, 5) is 14.5. The molecule has 5 rings (SSSR count). The molecule has 0 saturated heterocycles. The average molecular weight is 497 g/mol. The molecule has 3 aromatic rings. The maximum atomic E-state index is 13.1. The van der Waals surface area contributed by atoms with Crippen LogP contribution in [0.15, 0.2) is 71.6 Å². The number of carboxylic acids is 1. The summed E-state index contributed by atoms with van der Waals surface area (Å²) >= 11 is 5.94. The van der Waals surface area contributed by atoms with Gasteiger partial charge in [0.2, 0.25) is 10.0 Å². The van der Waals surface area contributed by atoms with Gasteiger partial charge in [-0.15, -0.1) is 0 Å². The van der Waals surface area contributed by atoms with Gasteiger partial charge in [-0.3, -0.25) is 4.79 Å². The van der Waals surface area contributed by atoms with Crippen LogP contribution >= 0.6 is 11.6 Å². The molecule has 0 radical (unpaired) electrons. The number of aliphatic carboxylic acids is 1. The summed E-state index contributed by atoms with van der Waals surface area (Å²) in [5, 5.41) is 10.6. The fourth-order valence-corrected chi connectivity index (χ4v) is 6.29. The number of rotatable bonds is 6. The predicted molar refractivity (Wildman–Crippen MR) is 131 cm³/mol. The Balaban J connectivity index is 1.38. The second-order valence-corrected chi connectivity index (χ2v) is 11.3. The summed E-state index contributed by atoms with van der Waals surface area (Å²) in [7, 11) is -1.98. The highest BCUT2D eigenvalue weighted by molar-refractivity contribution is 7.89. The van der Waals surface area contributed by atoms with Crippen LogP contribution < -0.4 is 4.72 Å². The van der Waals surface area contributed by atoms with Crippen LogP contribution in [-0.2, 0) is 27.8 Å². The lowest BCUT2D eigenvalue weighted by atomic mass is 9.95. The molecule has 1 fully saturated rings. The molecule has 1 saturated carbocycles. The third kappa shape index (κ3) is 4.25. The summed E-state index contributed by atoms with van der Waals surface area (Å²) in [5.41, 5.74) is 3.51. The molecule has 2 aliphatic rings. The van der Waals surface area contributed by atoms with Gasteiger partial charge in [0.1, 0.15) is 5.54 Å². The van der Waals surface area contributed by atoms with Crippen LogP contribution in [0.1, 0.15) is 29.0 Å². The van der Waals surface area contributed by atoms with Gasteiger partial charge in [0, 0.05) is 24.0 Å². The van der Waals surface area contributed by atoms with Crippen molar-refractivity contribution in [1.82, 2.24) is 9.62 Å². The largest absolute Gasteiger partial charge is 0.480 e.